The topological polar surface area (TPSA) is 516 Å². The van der Waals surface area contributed by atoms with Gasteiger partial charge in [-0.15, -0.1) is 11.8 Å². The van der Waals surface area contributed by atoms with Crippen molar-refractivity contribution >= 4 is 111 Å². The molecule has 3 saturated heterocycles. The van der Waals surface area contributed by atoms with Gasteiger partial charge >= 0.3 is 35.8 Å². The van der Waals surface area contributed by atoms with Crippen molar-refractivity contribution in [3.63, 3.8) is 0 Å². The van der Waals surface area contributed by atoms with E-state index >= 15 is 0 Å². The molecule has 3 aliphatic carbocycles. The molecule has 5 heterocycles. The predicted octanol–water partition coefficient (Wildman–Crippen LogP) is 1.43. The average molecular weight is 1460 g/mol. The number of rotatable bonds is 34. The second-order valence-corrected chi connectivity index (χ2v) is 29.3. The summed E-state index contributed by atoms with van der Waals surface area (Å²) in [5.74, 6) is -15.4. The fourth-order valence-corrected chi connectivity index (χ4v) is 15.8. The quantitative estimate of drug-likeness (QED) is 0.0133. The Hall–Kier alpha value is -9.32. The second-order valence-electron chi connectivity index (χ2n) is 28.1. The minimum atomic E-state index is -1.82. The molecule has 0 radical (unpaired) electrons. The molecular formula is C68H87N11O23S. The molecule has 9 rings (SSSR count). The van der Waals surface area contributed by atoms with Crippen molar-refractivity contribution < 1.29 is 106 Å². The molecule has 558 valence electrons. The predicted molar refractivity (Wildman–Crippen MR) is 360 cm³/mol. The number of anilines is 2. The molecule has 5 fully saturated rings. The Morgan fingerprint density at radius 1 is 0.874 bits per heavy atom. The van der Waals surface area contributed by atoms with Gasteiger partial charge in [-0.05, 0) is 81.7 Å². The number of aromatic amines is 1. The summed E-state index contributed by atoms with van der Waals surface area (Å²) in [6.07, 6.45) is -2.82. The number of H-pyrrole nitrogens is 1. The number of benzene rings is 1. The number of amides is 5. The lowest BCUT2D eigenvalue weighted by Crippen LogP contribution is -2.68. The maximum Gasteiger partial charge on any atom is 0.326 e. The molecule has 3 aliphatic heterocycles. The number of hydrogen-bond donors (Lipinski definition) is 10. The molecule has 5 amide bonds. The number of hydrogen-bond acceptors (Lipinski definition) is 27. The van der Waals surface area contributed by atoms with E-state index in [1.54, 1.807) is 0 Å². The monoisotopic (exact) mass is 1460 g/mol. The van der Waals surface area contributed by atoms with E-state index < -0.39 is 228 Å². The first kappa shape index (κ1) is 77.8. The number of thioether (sulfide) groups is 1. The molecule has 2 aromatic heterocycles. The van der Waals surface area contributed by atoms with Gasteiger partial charge in [-0.3, -0.25) is 72.2 Å². The van der Waals surface area contributed by atoms with Gasteiger partial charge in [0, 0.05) is 82.0 Å². The number of epoxide rings is 1. The Bertz CT molecular complexity index is 3930. The van der Waals surface area contributed by atoms with E-state index in [-0.39, 0.29) is 61.2 Å². The summed E-state index contributed by atoms with van der Waals surface area (Å²) in [7, 11) is 0. The van der Waals surface area contributed by atoms with Crippen molar-refractivity contribution in [1.82, 2.24) is 40.8 Å². The number of nitrogens with one attached hydrogen (secondary N) is 5. The standard InChI is InChI=1S/C68H87N11O23S/c1-32(2)18-52(88)100-46-24-67(30-97-34(4)80)48(19-33(46)3)101-56-54(55(99-35(5)81)66(67,7)68(56)31-98-68)102-65(6)16-14-40(15-17-65)73-49(84)28-79-50(85)23-47(61(79)92)103-29-38(62(93)94)21-45(83)44(22-51(86)87)76-59(90)37(25-69)20-42(82)12-13-43(63(95)96)75-58(89)36-8-10-39(11-9-36)71-26-41-27-72-57-53(74-41)60(91)78-64(70)77-57/h8-11,19,27,32,37-38,40,43-44,46-48,54-56,71H,12-18,20-26,28-31,69H2,1-7H3,(H,73,84)(H,75,89)(H,76,90)(H,86,87)(H,93,94)(H,95,96)(H3,70,72,77,78,91)/t37-,38+,40?,43+,44+,46-,47?,48+,54+,55+,56+,65?,66+,67+,68-/m0/s1. The molecule has 1 unspecified atom stereocenters. The molecule has 6 aliphatic rings. The molecule has 103 heavy (non-hydrogen) atoms. The number of nitrogens with two attached hydrogens (primary N) is 2. The normalized spacial score (nSPS) is 27.3. The van der Waals surface area contributed by atoms with E-state index in [9.17, 15) is 82.4 Å². The number of esters is 3. The minimum absolute atomic E-state index is 0.0224. The molecule has 2 bridgehead atoms. The van der Waals surface area contributed by atoms with E-state index in [4.69, 9.17) is 39.9 Å². The van der Waals surface area contributed by atoms with Crippen molar-refractivity contribution in [2.75, 3.05) is 43.1 Å². The number of nitrogens with zero attached hydrogens (tertiary/aromatic N) is 4. The zero-order chi connectivity index (χ0) is 75.2. The number of nitrogen functional groups attached to an aromatic ring is 1. The Labute approximate surface area is 594 Å². The third kappa shape index (κ3) is 17.7. The molecule has 1 aromatic carbocycles. The minimum Gasteiger partial charge on any atom is -0.481 e. The van der Waals surface area contributed by atoms with Gasteiger partial charge in [-0.1, -0.05) is 26.8 Å². The van der Waals surface area contributed by atoms with Crippen molar-refractivity contribution in [2.24, 2.45) is 34.3 Å². The zero-order valence-electron chi connectivity index (χ0n) is 58.0. The summed E-state index contributed by atoms with van der Waals surface area (Å²) in [5.41, 5.74) is 8.33. The van der Waals surface area contributed by atoms with Crippen LogP contribution in [0.15, 0.2) is 46.9 Å². The largest absolute Gasteiger partial charge is 0.481 e. The highest BCUT2D eigenvalue weighted by atomic mass is 32.2. The first-order chi connectivity index (χ1) is 48.6. The number of fused-ring (bicyclic) bond motifs is 3. The van der Waals surface area contributed by atoms with Gasteiger partial charge in [0.15, 0.2) is 16.9 Å². The SMILES string of the molecule is CC(=O)OC[C@]12C[C@H](OC(=O)CC(C)C)C(C)=C[C@H]1O[C@@H]1[C@H](OC3(C)CCC(NC(=O)CN4C(=O)CC(SC[C@@H](CC(=O)[C@@H](CC(=O)O)NC(=O)[C@H](CN)CC(=O)CC[C@@H](NC(=O)c5ccc(NCc6cnc7nc(N)[nH]c(=O)c7n6)cc5)C(=O)O)C(=O)O)C4=O)CC3)[C@@H](OC(C)=O)[C@@]2(C)[C@]12CO2. The highest BCUT2D eigenvalue weighted by Gasteiger charge is 2.87. The fraction of sp³-hybridized carbons (Fsp3) is 0.603. The van der Waals surface area contributed by atoms with Crippen LogP contribution in [0.4, 0.5) is 11.6 Å². The smallest absolute Gasteiger partial charge is 0.326 e. The van der Waals surface area contributed by atoms with Crippen LogP contribution in [0.25, 0.3) is 11.2 Å². The Morgan fingerprint density at radius 2 is 1.57 bits per heavy atom. The maximum absolute atomic E-state index is 13.7. The van der Waals surface area contributed by atoms with Crippen LogP contribution in [0.1, 0.15) is 142 Å². The van der Waals surface area contributed by atoms with Gasteiger partial charge in [-0.25, -0.2) is 14.8 Å². The van der Waals surface area contributed by atoms with Crippen molar-refractivity contribution in [3.05, 3.63) is 63.7 Å². The Balaban J connectivity index is 0.731. The van der Waals surface area contributed by atoms with Gasteiger partial charge in [0.05, 0.1) is 77.1 Å². The van der Waals surface area contributed by atoms with Crippen LogP contribution in [0.2, 0.25) is 0 Å². The van der Waals surface area contributed by atoms with E-state index in [0.717, 1.165) is 22.2 Å². The number of aromatic nitrogens is 4. The van der Waals surface area contributed by atoms with Crippen LogP contribution in [0, 0.1) is 28.6 Å². The number of carbonyl (C=O) groups excluding carboxylic acids is 10. The number of Topliss-reactive ketones (excluding diaryl/α,β-unsaturated/α-hetero) is 2. The number of carboxylic acids is 3. The first-order valence-corrected chi connectivity index (χ1v) is 34.9. The van der Waals surface area contributed by atoms with Crippen LogP contribution in [-0.2, 0) is 92.5 Å². The number of likely N-dealkylation sites (tertiary alicyclic amines) is 1. The van der Waals surface area contributed by atoms with E-state index in [2.05, 4.69) is 41.2 Å². The van der Waals surface area contributed by atoms with Crippen molar-refractivity contribution in [2.45, 2.75) is 197 Å². The summed E-state index contributed by atoms with van der Waals surface area (Å²) >= 11 is 0.735. The van der Waals surface area contributed by atoms with Crippen LogP contribution in [0.5, 0.6) is 0 Å². The molecule has 13 atom stereocenters. The third-order valence-electron chi connectivity index (χ3n) is 20.2. The maximum atomic E-state index is 13.7. The Morgan fingerprint density at radius 3 is 2.19 bits per heavy atom. The van der Waals surface area contributed by atoms with Crippen LogP contribution in [0.3, 0.4) is 0 Å². The summed E-state index contributed by atoms with van der Waals surface area (Å²) in [6.45, 7) is 11.0. The number of imide groups is 1. The molecule has 1 spiro atoms. The van der Waals surface area contributed by atoms with E-state index in [0.29, 0.717) is 37.1 Å². The highest BCUT2D eigenvalue weighted by Crippen LogP contribution is 2.73. The summed E-state index contributed by atoms with van der Waals surface area (Å²) in [6, 6.07) is 2.02. The molecule has 2 saturated carbocycles. The Kier molecular flexibility index (Phi) is 24.3. The number of ketones is 2. The van der Waals surface area contributed by atoms with Crippen molar-refractivity contribution in [3.8, 4) is 0 Å². The number of carbonyl (C=O) groups is 13. The van der Waals surface area contributed by atoms with Crippen LogP contribution < -0.4 is 38.3 Å². The van der Waals surface area contributed by atoms with Gasteiger partial charge in [0.2, 0.25) is 29.6 Å². The average Bonchev–Trinajstić information content (AvgIpc) is 1.47. The lowest BCUT2D eigenvalue weighted by Gasteiger charge is -2.58. The molecule has 3 aromatic rings. The number of carboxylic acid groups (broad SMARTS) is 3. The van der Waals surface area contributed by atoms with Crippen LogP contribution >= 0.6 is 11.8 Å². The van der Waals surface area contributed by atoms with Gasteiger partial charge < -0.3 is 76.5 Å². The van der Waals surface area contributed by atoms with Crippen molar-refractivity contribution in [1.29, 1.82) is 0 Å². The molecule has 34 nitrogen and oxygen atoms in total. The third-order valence-corrected chi connectivity index (χ3v) is 21.6. The second kappa shape index (κ2) is 32.1. The van der Waals surface area contributed by atoms with E-state index in [1.165, 1.54) is 44.3 Å². The lowest BCUT2D eigenvalue weighted by molar-refractivity contribution is -0.242. The number of aliphatic carboxylic acids is 3. The first-order valence-electron chi connectivity index (χ1n) is 33.9. The van der Waals surface area contributed by atoms with E-state index in [1.807, 2.05) is 40.7 Å². The van der Waals surface area contributed by atoms with Crippen LogP contribution in [-0.4, -0.2) is 214 Å². The fourth-order valence-electron chi connectivity index (χ4n) is 14.5. The lowest BCUT2D eigenvalue weighted by atomic mass is 9.51. The highest BCUT2D eigenvalue weighted by molar-refractivity contribution is 8.00. The summed E-state index contributed by atoms with van der Waals surface area (Å²) in [5, 5.41) is 39.3. The summed E-state index contributed by atoms with van der Waals surface area (Å²) < 4.78 is 38.6. The molecular weight excluding hydrogens is 1370 g/mol. The molecule has 35 heteroatoms. The van der Waals surface area contributed by atoms with Gasteiger partial charge in [0.1, 0.15) is 55.0 Å². The zero-order valence-corrected chi connectivity index (χ0v) is 58.8. The van der Waals surface area contributed by atoms with Gasteiger partial charge in [0.25, 0.3) is 11.5 Å². The van der Waals surface area contributed by atoms with Gasteiger partial charge in [-0.2, -0.15) is 4.98 Å². The summed E-state index contributed by atoms with van der Waals surface area (Å²) in [4.78, 5) is 198. The number of ether oxygens (including phenoxy) is 6. The molecule has 12 N–H and O–H groups in total.